The van der Waals surface area contributed by atoms with Crippen molar-refractivity contribution in [3.05, 3.63) is 83.2 Å². The lowest BCUT2D eigenvalue weighted by atomic mass is 10.3. The van der Waals surface area contributed by atoms with Crippen LogP contribution in [0.5, 0.6) is 0 Å². The summed E-state index contributed by atoms with van der Waals surface area (Å²) >= 11 is 2.18. The van der Waals surface area contributed by atoms with Crippen LogP contribution in [0, 0.1) is 5.82 Å². The van der Waals surface area contributed by atoms with Crippen molar-refractivity contribution in [3.8, 4) is 0 Å². The van der Waals surface area contributed by atoms with Crippen LogP contribution in [0.1, 0.15) is 5.76 Å². The van der Waals surface area contributed by atoms with Crippen LogP contribution in [0.4, 0.5) is 14.9 Å². The number of imide groups is 1. The van der Waals surface area contributed by atoms with E-state index in [-0.39, 0.29) is 4.91 Å². The summed E-state index contributed by atoms with van der Waals surface area (Å²) in [6, 6.07) is 18.4. The highest BCUT2D eigenvalue weighted by Gasteiger charge is 2.36. The molecule has 0 saturated carbocycles. The monoisotopic (exact) mass is 454 g/mol. The summed E-state index contributed by atoms with van der Waals surface area (Å²) in [4.78, 5) is 39.0. The molecule has 0 radical (unpaired) electrons. The molecule has 156 valence electrons. The van der Waals surface area contributed by atoms with Gasteiger partial charge in [-0.1, -0.05) is 30.0 Å². The summed E-state index contributed by atoms with van der Waals surface area (Å²) in [5.74, 6) is -1.13. The van der Waals surface area contributed by atoms with Crippen molar-refractivity contribution in [2.75, 3.05) is 11.9 Å². The first-order chi connectivity index (χ1) is 15.0. The van der Waals surface area contributed by atoms with Crippen LogP contribution in [-0.4, -0.2) is 28.5 Å². The van der Waals surface area contributed by atoms with Gasteiger partial charge in [-0.05, 0) is 60.3 Å². The minimum atomic E-state index is -0.571. The normalized spacial score (nSPS) is 15.0. The zero-order chi connectivity index (χ0) is 21.8. The molecule has 3 amide bonds. The molecule has 6 nitrogen and oxygen atoms in total. The number of rotatable bonds is 6. The van der Waals surface area contributed by atoms with Gasteiger partial charge >= 0.3 is 0 Å². The molecule has 1 N–H and O–H groups in total. The fourth-order valence-corrected chi connectivity index (χ4v) is 4.33. The third-order valence-electron chi connectivity index (χ3n) is 4.14. The topological polar surface area (TPSA) is 79.6 Å². The number of hydrogen-bond acceptors (Lipinski definition) is 6. The SMILES string of the molecule is O=C(CN1C(=O)S/C(=C\c2ccc(Sc3ccccc3)o2)C1=O)Nc1ccc(F)cc1. The second-order valence-corrected chi connectivity index (χ2v) is 8.47. The number of carbonyl (C=O) groups excluding carboxylic acids is 3. The highest BCUT2D eigenvalue weighted by molar-refractivity contribution is 8.18. The van der Waals surface area contributed by atoms with E-state index in [9.17, 15) is 18.8 Å². The Kier molecular flexibility index (Phi) is 6.24. The Labute approximate surface area is 185 Å². The van der Waals surface area contributed by atoms with Crippen molar-refractivity contribution >= 4 is 52.3 Å². The zero-order valence-electron chi connectivity index (χ0n) is 15.9. The van der Waals surface area contributed by atoms with E-state index in [1.54, 1.807) is 12.1 Å². The maximum absolute atomic E-state index is 13.0. The predicted molar refractivity (Wildman–Crippen MR) is 117 cm³/mol. The van der Waals surface area contributed by atoms with Crippen molar-refractivity contribution < 1.29 is 23.2 Å². The van der Waals surface area contributed by atoms with Gasteiger partial charge in [0.05, 0.1) is 4.91 Å². The fraction of sp³-hybridized carbons (Fsp3) is 0.0455. The molecule has 0 unspecified atom stereocenters. The van der Waals surface area contributed by atoms with E-state index >= 15 is 0 Å². The predicted octanol–water partition coefficient (Wildman–Crippen LogP) is 5.24. The number of carbonyl (C=O) groups is 3. The molecule has 0 bridgehead atoms. The number of nitrogens with zero attached hydrogens (tertiary/aromatic N) is 1. The third kappa shape index (κ3) is 5.25. The van der Waals surface area contributed by atoms with Gasteiger partial charge < -0.3 is 9.73 Å². The Hall–Kier alpha value is -3.30. The number of amides is 3. The summed E-state index contributed by atoms with van der Waals surface area (Å²) in [6.07, 6.45) is 1.48. The van der Waals surface area contributed by atoms with E-state index in [1.165, 1.54) is 42.1 Å². The smallest absolute Gasteiger partial charge is 0.294 e. The highest BCUT2D eigenvalue weighted by atomic mass is 32.2. The third-order valence-corrected chi connectivity index (χ3v) is 5.98. The van der Waals surface area contributed by atoms with Gasteiger partial charge in [0.2, 0.25) is 5.91 Å². The number of furan rings is 1. The average Bonchev–Trinajstić information content (AvgIpc) is 3.30. The highest BCUT2D eigenvalue weighted by Crippen LogP contribution is 2.34. The lowest BCUT2D eigenvalue weighted by Gasteiger charge is -2.12. The van der Waals surface area contributed by atoms with E-state index in [4.69, 9.17) is 4.42 Å². The fourth-order valence-electron chi connectivity index (χ4n) is 2.71. The Morgan fingerprint density at radius 2 is 1.81 bits per heavy atom. The summed E-state index contributed by atoms with van der Waals surface area (Å²) in [6.45, 7) is -0.438. The Morgan fingerprint density at radius 3 is 2.55 bits per heavy atom. The quantitative estimate of drug-likeness (QED) is 0.513. The number of thioether (sulfide) groups is 1. The summed E-state index contributed by atoms with van der Waals surface area (Å²) in [5.41, 5.74) is 0.368. The van der Waals surface area contributed by atoms with Crippen LogP contribution in [0.2, 0.25) is 0 Å². The molecule has 1 aliphatic rings. The van der Waals surface area contributed by atoms with Gasteiger partial charge in [0.15, 0.2) is 5.09 Å². The largest absolute Gasteiger partial charge is 0.450 e. The number of hydrogen-bond donors (Lipinski definition) is 1. The van der Waals surface area contributed by atoms with E-state index < -0.39 is 29.4 Å². The molecule has 1 aromatic heterocycles. The number of halogens is 1. The lowest BCUT2D eigenvalue weighted by Crippen LogP contribution is -2.36. The molecule has 31 heavy (non-hydrogen) atoms. The summed E-state index contributed by atoms with van der Waals surface area (Å²) in [5, 5.41) is 2.63. The van der Waals surface area contributed by atoms with Gasteiger partial charge in [0.25, 0.3) is 11.1 Å². The van der Waals surface area contributed by atoms with E-state index in [0.717, 1.165) is 21.6 Å². The lowest BCUT2D eigenvalue weighted by molar-refractivity contribution is -0.127. The number of nitrogens with one attached hydrogen (secondary N) is 1. The molecule has 3 aromatic rings. The molecule has 2 aromatic carbocycles. The van der Waals surface area contributed by atoms with Crippen LogP contribution in [0.25, 0.3) is 6.08 Å². The number of benzene rings is 2. The van der Waals surface area contributed by atoms with Crippen LogP contribution in [0.15, 0.2) is 86.0 Å². The second kappa shape index (κ2) is 9.23. The molecule has 0 spiro atoms. The molecular formula is C22H15FN2O4S2. The molecule has 0 aliphatic carbocycles. The van der Waals surface area contributed by atoms with Crippen LogP contribution in [-0.2, 0) is 9.59 Å². The standard InChI is InChI=1S/C22H15FN2O4S2/c23-14-6-8-15(9-7-14)24-19(26)13-25-21(27)18(31-22(25)28)12-16-10-11-20(29-16)30-17-4-2-1-3-5-17/h1-12H,13H2,(H,24,26)/b18-12-. The van der Waals surface area contributed by atoms with Crippen molar-refractivity contribution in [1.82, 2.24) is 4.90 Å². The van der Waals surface area contributed by atoms with Gasteiger partial charge in [0, 0.05) is 16.7 Å². The molecule has 1 saturated heterocycles. The Bertz CT molecular complexity index is 1160. The maximum atomic E-state index is 13.0. The second-order valence-electron chi connectivity index (χ2n) is 6.39. The first-order valence-corrected chi connectivity index (χ1v) is 10.7. The zero-order valence-corrected chi connectivity index (χ0v) is 17.5. The van der Waals surface area contributed by atoms with Crippen molar-refractivity contribution in [3.63, 3.8) is 0 Å². The average molecular weight is 455 g/mol. The van der Waals surface area contributed by atoms with Gasteiger partial charge in [-0.15, -0.1) is 0 Å². The number of anilines is 1. The Morgan fingerprint density at radius 1 is 1.06 bits per heavy atom. The van der Waals surface area contributed by atoms with Crippen molar-refractivity contribution in [1.29, 1.82) is 0 Å². The van der Waals surface area contributed by atoms with E-state index in [2.05, 4.69) is 5.32 Å². The minimum Gasteiger partial charge on any atom is -0.450 e. The van der Waals surface area contributed by atoms with Crippen molar-refractivity contribution in [2.24, 2.45) is 0 Å². The van der Waals surface area contributed by atoms with Gasteiger partial charge in [-0.2, -0.15) is 0 Å². The molecule has 0 atom stereocenters. The first-order valence-electron chi connectivity index (χ1n) is 9.11. The maximum Gasteiger partial charge on any atom is 0.294 e. The minimum absolute atomic E-state index is 0.171. The molecule has 4 rings (SSSR count). The molecular weight excluding hydrogens is 439 g/mol. The van der Waals surface area contributed by atoms with Crippen LogP contribution < -0.4 is 5.32 Å². The van der Waals surface area contributed by atoms with E-state index in [1.807, 2.05) is 30.3 Å². The summed E-state index contributed by atoms with van der Waals surface area (Å²) < 4.78 is 18.7. The van der Waals surface area contributed by atoms with Crippen LogP contribution in [0.3, 0.4) is 0 Å². The molecule has 1 fully saturated rings. The summed E-state index contributed by atoms with van der Waals surface area (Å²) in [7, 11) is 0. The van der Waals surface area contributed by atoms with Crippen molar-refractivity contribution in [2.45, 2.75) is 9.99 Å². The molecule has 9 heteroatoms. The van der Waals surface area contributed by atoms with Gasteiger partial charge in [-0.25, -0.2) is 4.39 Å². The molecule has 2 heterocycles. The van der Waals surface area contributed by atoms with E-state index in [0.29, 0.717) is 16.5 Å². The molecule has 1 aliphatic heterocycles. The van der Waals surface area contributed by atoms with Crippen LogP contribution >= 0.6 is 23.5 Å². The first kappa shape index (κ1) is 21.0. The van der Waals surface area contributed by atoms with Gasteiger partial charge in [0.1, 0.15) is 18.1 Å². The Balaban J connectivity index is 1.40. The van der Waals surface area contributed by atoms with Gasteiger partial charge in [-0.3, -0.25) is 19.3 Å².